The number of halogens is 1. The normalized spacial score (nSPS) is 10.5. The van der Waals surface area contributed by atoms with Crippen LogP contribution in [-0.2, 0) is 6.54 Å². The molecule has 0 aliphatic rings. The topological polar surface area (TPSA) is 66.9 Å². The summed E-state index contributed by atoms with van der Waals surface area (Å²) in [5.41, 5.74) is 1.20. The molecule has 1 aromatic carbocycles. The van der Waals surface area contributed by atoms with Crippen molar-refractivity contribution < 1.29 is 9.18 Å². The summed E-state index contributed by atoms with van der Waals surface area (Å²) in [5.74, 6) is -0.0813. The van der Waals surface area contributed by atoms with Gasteiger partial charge in [-0.2, -0.15) is 0 Å². The number of amides is 1. The number of nitrogens with one attached hydrogen (secondary N) is 2. The summed E-state index contributed by atoms with van der Waals surface area (Å²) >= 11 is 0. The molecule has 0 aliphatic carbocycles. The van der Waals surface area contributed by atoms with Gasteiger partial charge >= 0.3 is 0 Å². The number of aromatic nitrogens is 2. The van der Waals surface area contributed by atoms with Crippen molar-refractivity contribution in [3.8, 4) is 0 Å². The lowest BCUT2D eigenvalue weighted by Gasteiger charge is -2.08. The van der Waals surface area contributed by atoms with Crippen LogP contribution in [0.15, 0.2) is 36.7 Å². The molecule has 0 fully saturated rings. The van der Waals surface area contributed by atoms with E-state index in [1.54, 1.807) is 12.1 Å². The Morgan fingerprint density at radius 3 is 2.38 bits per heavy atom. The fraction of sp³-hybridized carbons (Fsp3) is 0.267. The van der Waals surface area contributed by atoms with Crippen molar-refractivity contribution in [3.63, 3.8) is 0 Å². The van der Waals surface area contributed by atoms with Crippen LogP contribution in [0.3, 0.4) is 0 Å². The molecule has 2 aromatic rings. The smallest absolute Gasteiger partial charge is 0.254 e. The molecule has 110 valence electrons. The molecule has 0 bridgehead atoms. The van der Waals surface area contributed by atoms with Crippen LogP contribution < -0.4 is 10.6 Å². The summed E-state index contributed by atoms with van der Waals surface area (Å²) in [6.07, 6.45) is 2.94. The predicted octanol–water partition coefficient (Wildman–Crippen LogP) is 2.37. The third-order valence-electron chi connectivity index (χ3n) is 2.70. The highest BCUT2D eigenvalue weighted by Gasteiger charge is 2.07. The van der Waals surface area contributed by atoms with E-state index < -0.39 is 0 Å². The van der Waals surface area contributed by atoms with Gasteiger partial charge in [-0.3, -0.25) is 4.79 Å². The van der Waals surface area contributed by atoms with E-state index in [9.17, 15) is 9.18 Å². The lowest BCUT2D eigenvalue weighted by Crippen LogP contribution is -2.23. The van der Waals surface area contributed by atoms with Gasteiger partial charge in [0.1, 0.15) is 5.82 Å². The Morgan fingerprint density at radius 2 is 1.81 bits per heavy atom. The van der Waals surface area contributed by atoms with E-state index in [1.807, 2.05) is 13.8 Å². The van der Waals surface area contributed by atoms with Gasteiger partial charge in [0, 0.05) is 25.0 Å². The Labute approximate surface area is 122 Å². The minimum Gasteiger partial charge on any atom is -0.352 e. The van der Waals surface area contributed by atoms with Gasteiger partial charge in [0.05, 0.1) is 5.56 Å². The molecule has 0 saturated heterocycles. The summed E-state index contributed by atoms with van der Waals surface area (Å²) in [6.45, 7) is 4.28. The molecule has 2 N–H and O–H groups in total. The molecule has 0 saturated carbocycles. The van der Waals surface area contributed by atoms with Crippen LogP contribution in [0.2, 0.25) is 0 Å². The number of rotatable bonds is 5. The summed E-state index contributed by atoms with van der Waals surface area (Å²) in [4.78, 5) is 20.1. The second-order valence-electron chi connectivity index (χ2n) is 4.90. The molecule has 2 rings (SSSR count). The lowest BCUT2D eigenvalue weighted by atomic mass is 10.2. The highest BCUT2D eigenvalue weighted by Crippen LogP contribution is 2.04. The van der Waals surface area contributed by atoms with Crippen molar-refractivity contribution >= 4 is 11.9 Å². The van der Waals surface area contributed by atoms with Gasteiger partial charge < -0.3 is 10.6 Å². The summed E-state index contributed by atoms with van der Waals surface area (Å²) in [6, 6.07) is 6.19. The number of anilines is 1. The second kappa shape index (κ2) is 6.78. The minimum atomic E-state index is -0.299. The van der Waals surface area contributed by atoms with Gasteiger partial charge in [-0.15, -0.1) is 0 Å². The average molecular weight is 288 g/mol. The maximum Gasteiger partial charge on any atom is 0.254 e. The third kappa shape index (κ3) is 4.52. The first-order valence-electron chi connectivity index (χ1n) is 6.66. The zero-order valence-corrected chi connectivity index (χ0v) is 11.9. The highest BCUT2D eigenvalue weighted by molar-refractivity contribution is 5.93. The maximum absolute atomic E-state index is 12.8. The van der Waals surface area contributed by atoms with Crippen molar-refractivity contribution in [1.82, 2.24) is 15.3 Å². The SMILES string of the molecule is CC(C)Nc1ncc(C(=O)NCc2ccc(F)cc2)cn1. The third-order valence-corrected chi connectivity index (χ3v) is 2.70. The second-order valence-corrected chi connectivity index (χ2v) is 4.90. The van der Waals surface area contributed by atoms with Crippen molar-refractivity contribution in [3.05, 3.63) is 53.6 Å². The number of carbonyl (C=O) groups excluding carboxylic acids is 1. The largest absolute Gasteiger partial charge is 0.352 e. The molecule has 0 atom stereocenters. The standard InChI is InChI=1S/C15H17FN4O/c1-10(2)20-15-18-8-12(9-19-15)14(21)17-7-11-3-5-13(16)6-4-11/h3-6,8-10H,7H2,1-2H3,(H,17,21)(H,18,19,20). The molecular formula is C15H17FN4O. The van der Waals surface area contributed by atoms with E-state index in [0.29, 0.717) is 18.1 Å². The van der Waals surface area contributed by atoms with Gasteiger partial charge in [0.2, 0.25) is 5.95 Å². The fourth-order valence-corrected chi connectivity index (χ4v) is 1.66. The first-order chi connectivity index (χ1) is 10.0. The Kier molecular flexibility index (Phi) is 4.81. The number of nitrogens with zero attached hydrogens (tertiary/aromatic N) is 2. The first-order valence-corrected chi connectivity index (χ1v) is 6.66. The van der Waals surface area contributed by atoms with Crippen molar-refractivity contribution in [1.29, 1.82) is 0 Å². The quantitative estimate of drug-likeness (QED) is 0.886. The first kappa shape index (κ1) is 14.9. The Hall–Kier alpha value is -2.50. The lowest BCUT2D eigenvalue weighted by molar-refractivity contribution is 0.0950. The fourth-order valence-electron chi connectivity index (χ4n) is 1.66. The average Bonchev–Trinajstić information content (AvgIpc) is 2.46. The summed E-state index contributed by atoms with van der Waals surface area (Å²) in [7, 11) is 0. The zero-order valence-electron chi connectivity index (χ0n) is 11.9. The van der Waals surface area contributed by atoms with Gasteiger partial charge in [-0.05, 0) is 31.5 Å². The van der Waals surface area contributed by atoms with E-state index in [-0.39, 0.29) is 17.8 Å². The number of benzene rings is 1. The highest BCUT2D eigenvalue weighted by atomic mass is 19.1. The van der Waals surface area contributed by atoms with Crippen LogP contribution in [0, 0.1) is 5.82 Å². The van der Waals surface area contributed by atoms with Crippen LogP contribution in [-0.4, -0.2) is 21.9 Å². The van der Waals surface area contributed by atoms with Gasteiger partial charge in [-0.1, -0.05) is 12.1 Å². The van der Waals surface area contributed by atoms with E-state index in [2.05, 4.69) is 20.6 Å². The Morgan fingerprint density at radius 1 is 1.19 bits per heavy atom. The van der Waals surface area contributed by atoms with E-state index >= 15 is 0 Å². The van der Waals surface area contributed by atoms with Crippen LogP contribution in [0.4, 0.5) is 10.3 Å². The summed E-state index contributed by atoms with van der Waals surface area (Å²) < 4.78 is 12.8. The molecule has 0 radical (unpaired) electrons. The van der Waals surface area contributed by atoms with Crippen LogP contribution in [0.25, 0.3) is 0 Å². The Balaban J connectivity index is 1.92. The van der Waals surface area contributed by atoms with Gasteiger partial charge in [0.15, 0.2) is 0 Å². The molecule has 1 heterocycles. The molecule has 0 unspecified atom stereocenters. The molecule has 0 aliphatic heterocycles. The van der Waals surface area contributed by atoms with Crippen LogP contribution >= 0.6 is 0 Å². The molecule has 6 heteroatoms. The molecule has 21 heavy (non-hydrogen) atoms. The predicted molar refractivity (Wildman–Crippen MR) is 78.4 cm³/mol. The molecule has 0 spiro atoms. The number of carbonyl (C=O) groups is 1. The van der Waals surface area contributed by atoms with E-state index in [1.165, 1.54) is 24.5 Å². The van der Waals surface area contributed by atoms with Crippen LogP contribution in [0.5, 0.6) is 0 Å². The number of hydrogen-bond donors (Lipinski definition) is 2. The van der Waals surface area contributed by atoms with E-state index in [4.69, 9.17) is 0 Å². The molecular weight excluding hydrogens is 271 g/mol. The van der Waals surface area contributed by atoms with Gasteiger partial charge in [-0.25, -0.2) is 14.4 Å². The van der Waals surface area contributed by atoms with Crippen molar-refractivity contribution in [2.45, 2.75) is 26.4 Å². The monoisotopic (exact) mass is 288 g/mol. The minimum absolute atomic E-state index is 0.225. The summed E-state index contributed by atoms with van der Waals surface area (Å²) in [5, 5.41) is 5.78. The van der Waals surface area contributed by atoms with Crippen LogP contribution in [0.1, 0.15) is 29.8 Å². The maximum atomic E-state index is 12.8. The van der Waals surface area contributed by atoms with Gasteiger partial charge in [0.25, 0.3) is 5.91 Å². The Bertz CT molecular complexity index is 596. The van der Waals surface area contributed by atoms with Crippen molar-refractivity contribution in [2.75, 3.05) is 5.32 Å². The number of hydrogen-bond acceptors (Lipinski definition) is 4. The van der Waals surface area contributed by atoms with Crippen molar-refractivity contribution in [2.24, 2.45) is 0 Å². The van der Waals surface area contributed by atoms with E-state index in [0.717, 1.165) is 5.56 Å². The molecule has 5 nitrogen and oxygen atoms in total. The zero-order chi connectivity index (χ0) is 15.2. The molecule has 1 amide bonds. The molecule has 1 aromatic heterocycles.